The smallest absolute Gasteiger partial charge is 0.0242 e. The van der Waals surface area contributed by atoms with Crippen LogP contribution < -0.4 is 5.43 Å². The SMILES string of the molecule is SN1CCCCCCN1. The molecular formula is C6H14N2S. The summed E-state index contributed by atoms with van der Waals surface area (Å²) in [6, 6.07) is 0. The highest BCUT2D eigenvalue weighted by atomic mass is 32.1. The predicted octanol–water partition coefficient (Wildman–Crippen LogP) is 1.21. The first-order chi connectivity index (χ1) is 4.39. The summed E-state index contributed by atoms with van der Waals surface area (Å²) in [5, 5.41) is 0. The molecular weight excluding hydrogens is 132 g/mol. The molecule has 1 rings (SSSR count). The lowest BCUT2D eigenvalue weighted by Gasteiger charge is -2.18. The first-order valence-electron chi connectivity index (χ1n) is 3.59. The maximum Gasteiger partial charge on any atom is 0.0242 e. The van der Waals surface area contributed by atoms with Gasteiger partial charge in [-0.2, -0.15) is 4.41 Å². The zero-order chi connectivity index (χ0) is 6.53. The summed E-state index contributed by atoms with van der Waals surface area (Å²) in [6.45, 7) is 2.16. The Morgan fingerprint density at radius 1 is 1.11 bits per heavy atom. The molecule has 1 aliphatic heterocycles. The van der Waals surface area contributed by atoms with E-state index in [-0.39, 0.29) is 0 Å². The average Bonchev–Trinajstić information content (AvgIpc) is 1.79. The second-order valence-electron chi connectivity index (χ2n) is 2.45. The van der Waals surface area contributed by atoms with Crippen molar-refractivity contribution in [3.05, 3.63) is 0 Å². The number of thiol groups is 1. The lowest BCUT2D eigenvalue weighted by molar-refractivity contribution is 0.319. The van der Waals surface area contributed by atoms with Gasteiger partial charge >= 0.3 is 0 Å². The van der Waals surface area contributed by atoms with E-state index in [0.29, 0.717) is 0 Å². The Bertz CT molecular complexity index is 69.5. The molecule has 1 saturated heterocycles. The molecule has 1 heterocycles. The van der Waals surface area contributed by atoms with E-state index >= 15 is 0 Å². The van der Waals surface area contributed by atoms with Crippen molar-refractivity contribution < 1.29 is 0 Å². The monoisotopic (exact) mass is 146 g/mol. The van der Waals surface area contributed by atoms with Crippen LogP contribution >= 0.6 is 12.8 Å². The summed E-state index contributed by atoms with van der Waals surface area (Å²) < 4.78 is 1.89. The quantitative estimate of drug-likeness (QED) is 0.499. The normalized spacial score (nSPS) is 25.0. The molecule has 0 amide bonds. The van der Waals surface area contributed by atoms with E-state index in [1.165, 1.54) is 25.7 Å². The van der Waals surface area contributed by atoms with E-state index in [1.54, 1.807) is 0 Å². The lowest BCUT2D eigenvalue weighted by Crippen LogP contribution is -2.32. The van der Waals surface area contributed by atoms with E-state index in [2.05, 4.69) is 18.2 Å². The molecule has 0 aromatic rings. The van der Waals surface area contributed by atoms with Crippen LogP contribution in [0.25, 0.3) is 0 Å². The Morgan fingerprint density at radius 2 is 1.89 bits per heavy atom. The molecule has 9 heavy (non-hydrogen) atoms. The van der Waals surface area contributed by atoms with E-state index < -0.39 is 0 Å². The fourth-order valence-corrected chi connectivity index (χ4v) is 1.27. The molecule has 2 nitrogen and oxygen atoms in total. The molecule has 0 radical (unpaired) electrons. The zero-order valence-electron chi connectivity index (χ0n) is 5.64. The minimum Gasteiger partial charge on any atom is -0.246 e. The molecule has 54 valence electrons. The number of hydrazine groups is 1. The highest BCUT2D eigenvalue weighted by Gasteiger charge is 2.00. The summed E-state index contributed by atoms with van der Waals surface area (Å²) in [6.07, 6.45) is 5.29. The number of nitrogens with one attached hydrogen (secondary N) is 1. The van der Waals surface area contributed by atoms with Gasteiger partial charge in [-0.3, -0.25) is 0 Å². The van der Waals surface area contributed by atoms with Crippen molar-refractivity contribution in [2.45, 2.75) is 25.7 Å². The van der Waals surface area contributed by atoms with Crippen LogP contribution in [0.3, 0.4) is 0 Å². The molecule has 1 aliphatic rings. The van der Waals surface area contributed by atoms with Gasteiger partial charge < -0.3 is 0 Å². The van der Waals surface area contributed by atoms with Crippen molar-refractivity contribution >= 4 is 12.8 Å². The zero-order valence-corrected chi connectivity index (χ0v) is 6.53. The molecule has 0 aromatic heterocycles. The van der Waals surface area contributed by atoms with Crippen molar-refractivity contribution in [1.82, 2.24) is 9.84 Å². The minimum atomic E-state index is 1.07. The third-order valence-electron chi connectivity index (χ3n) is 1.59. The van der Waals surface area contributed by atoms with Crippen molar-refractivity contribution in [1.29, 1.82) is 0 Å². The topological polar surface area (TPSA) is 15.3 Å². The molecule has 0 spiro atoms. The fourth-order valence-electron chi connectivity index (χ4n) is 1.03. The number of hydrogen-bond acceptors (Lipinski definition) is 3. The maximum atomic E-state index is 4.20. The molecule has 3 heteroatoms. The molecule has 1 fully saturated rings. The lowest BCUT2D eigenvalue weighted by atomic mass is 10.2. The summed E-state index contributed by atoms with van der Waals surface area (Å²) >= 11 is 4.20. The van der Waals surface area contributed by atoms with Crippen LogP contribution in [0.15, 0.2) is 0 Å². The molecule has 0 saturated carbocycles. The van der Waals surface area contributed by atoms with E-state index in [0.717, 1.165) is 13.1 Å². The third-order valence-corrected chi connectivity index (χ3v) is 1.93. The Labute approximate surface area is 62.1 Å². The van der Waals surface area contributed by atoms with Crippen LogP contribution in [0.5, 0.6) is 0 Å². The Balaban J connectivity index is 2.12. The molecule has 1 N–H and O–H groups in total. The molecule has 0 aromatic carbocycles. The van der Waals surface area contributed by atoms with Crippen LogP contribution in [0.1, 0.15) is 25.7 Å². The third kappa shape index (κ3) is 3.08. The van der Waals surface area contributed by atoms with Crippen molar-refractivity contribution in [2.75, 3.05) is 13.1 Å². The van der Waals surface area contributed by atoms with Gasteiger partial charge in [0.05, 0.1) is 0 Å². The van der Waals surface area contributed by atoms with Gasteiger partial charge in [0.2, 0.25) is 0 Å². The van der Waals surface area contributed by atoms with Crippen LogP contribution in [0.2, 0.25) is 0 Å². The number of rotatable bonds is 0. The van der Waals surface area contributed by atoms with Gasteiger partial charge in [0.25, 0.3) is 0 Å². The van der Waals surface area contributed by atoms with Crippen LogP contribution in [-0.2, 0) is 0 Å². The van der Waals surface area contributed by atoms with Gasteiger partial charge in [0, 0.05) is 13.1 Å². The van der Waals surface area contributed by atoms with Crippen molar-refractivity contribution in [3.63, 3.8) is 0 Å². The van der Waals surface area contributed by atoms with Gasteiger partial charge in [-0.15, -0.1) is 0 Å². The van der Waals surface area contributed by atoms with Gasteiger partial charge in [-0.25, -0.2) is 5.43 Å². The Kier molecular flexibility index (Phi) is 3.40. The highest BCUT2D eigenvalue weighted by molar-refractivity contribution is 7.77. The second kappa shape index (κ2) is 4.14. The van der Waals surface area contributed by atoms with Gasteiger partial charge in [-0.1, -0.05) is 25.7 Å². The highest BCUT2D eigenvalue weighted by Crippen LogP contribution is 2.04. The average molecular weight is 146 g/mol. The second-order valence-corrected chi connectivity index (χ2v) is 2.93. The molecule has 0 bridgehead atoms. The van der Waals surface area contributed by atoms with Crippen molar-refractivity contribution in [2.24, 2.45) is 0 Å². The molecule has 0 aliphatic carbocycles. The van der Waals surface area contributed by atoms with Crippen molar-refractivity contribution in [3.8, 4) is 0 Å². The van der Waals surface area contributed by atoms with Gasteiger partial charge in [0.15, 0.2) is 0 Å². The predicted molar refractivity (Wildman–Crippen MR) is 42.2 cm³/mol. The maximum absolute atomic E-state index is 4.20. The first-order valence-corrected chi connectivity index (χ1v) is 3.99. The number of nitrogens with zero attached hydrogens (tertiary/aromatic N) is 1. The largest absolute Gasteiger partial charge is 0.246 e. The van der Waals surface area contributed by atoms with Crippen LogP contribution in [-0.4, -0.2) is 17.5 Å². The van der Waals surface area contributed by atoms with Crippen LogP contribution in [0, 0.1) is 0 Å². The molecule has 0 unspecified atom stereocenters. The number of hydrogen-bond donors (Lipinski definition) is 2. The fraction of sp³-hybridized carbons (Fsp3) is 1.00. The summed E-state index contributed by atoms with van der Waals surface area (Å²) in [5.74, 6) is 0. The molecule has 0 atom stereocenters. The summed E-state index contributed by atoms with van der Waals surface area (Å²) in [7, 11) is 0. The van der Waals surface area contributed by atoms with Gasteiger partial charge in [0.1, 0.15) is 0 Å². The van der Waals surface area contributed by atoms with Crippen LogP contribution in [0.4, 0.5) is 0 Å². The summed E-state index contributed by atoms with van der Waals surface area (Å²) in [4.78, 5) is 0. The van der Waals surface area contributed by atoms with E-state index in [1.807, 2.05) is 4.41 Å². The van der Waals surface area contributed by atoms with Gasteiger partial charge in [-0.05, 0) is 12.8 Å². The minimum absolute atomic E-state index is 1.07. The first kappa shape index (κ1) is 7.38. The standard InChI is InChI=1S/C6H14N2S/c9-8-6-4-2-1-3-5-7-8/h7,9H,1-6H2. The Hall–Kier alpha value is 0.270. The Morgan fingerprint density at radius 3 is 2.78 bits per heavy atom. The summed E-state index contributed by atoms with van der Waals surface area (Å²) in [5.41, 5.74) is 3.18. The van der Waals surface area contributed by atoms with E-state index in [4.69, 9.17) is 0 Å². The van der Waals surface area contributed by atoms with E-state index in [9.17, 15) is 0 Å².